The van der Waals surface area contributed by atoms with E-state index in [0.29, 0.717) is 0 Å². The Bertz CT molecular complexity index is 458. The molecule has 0 saturated carbocycles. The van der Waals surface area contributed by atoms with E-state index in [4.69, 9.17) is 0 Å². The van der Waals surface area contributed by atoms with E-state index in [0.717, 1.165) is 6.42 Å². The number of nitrogens with one attached hydrogen (secondary N) is 1. The second kappa shape index (κ2) is 13.4. The van der Waals surface area contributed by atoms with Crippen LogP contribution in [0.1, 0.15) is 52.5 Å². The number of hydrogen-bond donors (Lipinski definition) is 1. The van der Waals surface area contributed by atoms with E-state index >= 15 is 0 Å². The van der Waals surface area contributed by atoms with Gasteiger partial charge in [-0.1, -0.05) is 47.6 Å². The number of allylic oxidation sites excluding steroid dienone is 3. The summed E-state index contributed by atoms with van der Waals surface area (Å²) < 4.78 is 0. The van der Waals surface area contributed by atoms with Crippen molar-refractivity contribution in [3.8, 4) is 0 Å². The Kier molecular flexibility index (Phi) is 12.8. The van der Waals surface area contributed by atoms with E-state index in [-0.39, 0.29) is 12.4 Å². The summed E-state index contributed by atoms with van der Waals surface area (Å²) in [5, 5.41) is 0. The maximum absolute atomic E-state index is 2.43. The van der Waals surface area contributed by atoms with E-state index in [2.05, 4.69) is 70.2 Å². The number of aryl methyl sites for hydroxylation is 1. The highest BCUT2D eigenvalue weighted by Gasteiger charge is 1.99. The molecule has 0 aliphatic rings. The van der Waals surface area contributed by atoms with E-state index in [1.807, 2.05) is 0 Å². The molecule has 0 aromatic heterocycles. The molecule has 130 valence electrons. The molecule has 0 radical (unpaired) electrons. The minimum Gasteiger partial charge on any atom is -1.00 e. The van der Waals surface area contributed by atoms with Gasteiger partial charge in [0.2, 0.25) is 0 Å². The molecule has 1 rings (SSSR count). The van der Waals surface area contributed by atoms with Gasteiger partial charge in [-0.05, 0) is 65.0 Å². The lowest BCUT2D eigenvalue weighted by molar-refractivity contribution is -0.890. The summed E-state index contributed by atoms with van der Waals surface area (Å²) in [7, 11) is 0. The maximum Gasteiger partial charge on any atom is 0.0960 e. The molecule has 1 nitrogen and oxygen atoms in total. The lowest BCUT2D eigenvalue weighted by atomic mass is 10.0. The third-order valence-electron chi connectivity index (χ3n) is 4.42. The van der Waals surface area contributed by atoms with E-state index in [1.165, 1.54) is 55.6 Å². The third-order valence-corrected chi connectivity index (χ3v) is 4.42. The van der Waals surface area contributed by atoms with E-state index in [1.54, 1.807) is 4.90 Å². The third kappa shape index (κ3) is 10.4. The van der Waals surface area contributed by atoms with Gasteiger partial charge in [-0.15, -0.1) is 0 Å². The summed E-state index contributed by atoms with van der Waals surface area (Å²) in [6, 6.07) is 10.8. The Labute approximate surface area is 149 Å². The van der Waals surface area contributed by atoms with Crippen LogP contribution in [-0.4, -0.2) is 19.6 Å². The number of halogens is 1. The molecule has 0 amide bonds. The second-order valence-electron chi connectivity index (χ2n) is 6.29. The van der Waals surface area contributed by atoms with Gasteiger partial charge in [-0.3, -0.25) is 0 Å². The molecule has 0 spiro atoms. The Balaban J connectivity index is 0.00000484. The lowest BCUT2D eigenvalue weighted by Gasteiger charge is -2.13. The van der Waals surface area contributed by atoms with Crippen molar-refractivity contribution in [3.63, 3.8) is 0 Å². The van der Waals surface area contributed by atoms with Crippen LogP contribution in [0.3, 0.4) is 0 Å². The lowest BCUT2D eigenvalue weighted by Crippen LogP contribution is -3.11. The number of likely N-dealkylation sites (N-methyl/N-ethyl adjacent to an activating group) is 1. The molecule has 0 unspecified atom stereocenters. The Morgan fingerprint density at radius 2 is 1.52 bits per heavy atom. The molecule has 0 aliphatic heterocycles. The monoisotopic (exact) mass is 335 g/mol. The summed E-state index contributed by atoms with van der Waals surface area (Å²) >= 11 is 0. The summed E-state index contributed by atoms with van der Waals surface area (Å²) in [5.41, 5.74) is 4.49. The number of rotatable bonds is 10. The highest BCUT2D eigenvalue weighted by molar-refractivity contribution is 5.16. The Morgan fingerprint density at radius 1 is 0.913 bits per heavy atom. The molecule has 0 aliphatic carbocycles. The highest BCUT2D eigenvalue weighted by Crippen LogP contribution is 2.11. The number of quaternary nitrogens is 1. The fraction of sp³-hybridized carbons (Fsp3) is 0.524. The van der Waals surface area contributed by atoms with Crippen LogP contribution >= 0.6 is 0 Å². The van der Waals surface area contributed by atoms with Crippen molar-refractivity contribution in [2.24, 2.45) is 0 Å². The summed E-state index contributed by atoms with van der Waals surface area (Å²) in [5.74, 6) is 0. The van der Waals surface area contributed by atoms with Gasteiger partial charge in [-0.25, -0.2) is 0 Å². The molecule has 0 heterocycles. The fourth-order valence-corrected chi connectivity index (χ4v) is 2.59. The van der Waals surface area contributed by atoms with Gasteiger partial charge in [0, 0.05) is 0 Å². The summed E-state index contributed by atoms with van der Waals surface area (Å²) in [4.78, 5) is 1.66. The smallest absolute Gasteiger partial charge is 0.0960 e. The molecule has 1 aromatic carbocycles. The first-order valence-corrected chi connectivity index (χ1v) is 8.84. The van der Waals surface area contributed by atoms with Gasteiger partial charge in [0.05, 0.1) is 19.6 Å². The van der Waals surface area contributed by atoms with Crippen LogP contribution in [-0.2, 0) is 6.42 Å². The average molecular weight is 336 g/mol. The zero-order valence-electron chi connectivity index (χ0n) is 15.4. The van der Waals surface area contributed by atoms with Crippen molar-refractivity contribution in [3.05, 3.63) is 59.2 Å². The van der Waals surface area contributed by atoms with Crippen LogP contribution in [0.4, 0.5) is 0 Å². The van der Waals surface area contributed by atoms with Gasteiger partial charge in [0.25, 0.3) is 0 Å². The van der Waals surface area contributed by atoms with Crippen molar-refractivity contribution >= 4 is 0 Å². The minimum atomic E-state index is 0. The van der Waals surface area contributed by atoms with Crippen molar-refractivity contribution in [1.29, 1.82) is 0 Å². The van der Waals surface area contributed by atoms with Crippen LogP contribution < -0.4 is 17.3 Å². The number of benzene rings is 1. The molecule has 0 bridgehead atoms. The van der Waals surface area contributed by atoms with Gasteiger partial charge >= 0.3 is 0 Å². The topological polar surface area (TPSA) is 4.44 Å². The van der Waals surface area contributed by atoms with Crippen molar-refractivity contribution < 1.29 is 17.3 Å². The molecule has 1 aromatic rings. The predicted molar refractivity (Wildman–Crippen MR) is 98.4 cm³/mol. The second-order valence-corrected chi connectivity index (χ2v) is 6.29. The zero-order chi connectivity index (χ0) is 16.2. The SMILES string of the molecule is CC[NH+](CC)C/C=C(\C)CC/C=C(\C)CCc1ccccc1.[Cl-]. The first-order valence-electron chi connectivity index (χ1n) is 8.84. The molecular weight excluding hydrogens is 302 g/mol. The van der Waals surface area contributed by atoms with Gasteiger partial charge in [-0.2, -0.15) is 0 Å². The first kappa shape index (κ1) is 21.9. The average Bonchev–Trinajstić information content (AvgIpc) is 2.55. The summed E-state index contributed by atoms with van der Waals surface area (Å²) in [6.07, 6.45) is 9.56. The van der Waals surface area contributed by atoms with Crippen LogP contribution in [0.5, 0.6) is 0 Å². The van der Waals surface area contributed by atoms with Gasteiger partial charge in [0.1, 0.15) is 0 Å². The normalized spacial score (nSPS) is 12.4. The Morgan fingerprint density at radius 3 is 2.13 bits per heavy atom. The quantitative estimate of drug-likeness (QED) is 0.613. The van der Waals surface area contributed by atoms with E-state index < -0.39 is 0 Å². The maximum atomic E-state index is 2.43. The Hall–Kier alpha value is -1.05. The van der Waals surface area contributed by atoms with E-state index in [9.17, 15) is 0 Å². The molecule has 23 heavy (non-hydrogen) atoms. The van der Waals surface area contributed by atoms with Crippen molar-refractivity contribution in [2.45, 2.75) is 53.4 Å². The fourth-order valence-electron chi connectivity index (χ4n) is 2.59. The van der Waals surface area contributed by atoms with Gasteiger partial charge in [0.15, 0.2) is 0 Å². The van der Waals surface area contributed by atoms with Crippen LogP contribution in [0, 0.1) is 0 Å². The molecule has 2 heteroatoms. The van der Waals surface area contributed by atoms with Crippen molar-refractivity contribution in [2.75, 3.05) is 19.6 Å². The zero-order valence-corrected chi connectivity index (χ0v) is 16.1. The molecule has 0 fully saturated rings. The van der Waals surface area contributed by atoms with Gasteiger partial charge < -0.3 is 17.3 Å². The predicted octanol–water partition coefficient (Wildman–Crippen LogP) is 1.22. The largest absolute Gasteiger partial charge is 1.00 e. The summed E-state index contributed by atoms with van der Waals surface area (Å²) in [6.45, 7) is 12.7. The number of hydrogen-bond acceptors (Lipinski definition) is 0. The van der Waals surface area contributed by atoms with Crippen LogP contribution in [0.25, 0.3) is 0 Å². The van der Waals surface area contributed by atoms with Crippen LogP contribution in [0.15, 0.2) is 53.6 Å². The van der Waals surface area contributed by atoms with Crippen LogP contribution in [0.2, 0.25) is 0 Å². The molecule has 0 atom stereocenters. The minimum absolute atomic E-state index is 0. The molecule has 1 N–H and O–H groups in total. The molecular formula is C21H34ClN. The standard InChI is InChI=1S/C21H33N.ClH/c1-5-22(6-2)18-17-20(4)12-10-11-19(3)15-16-21-13-8-7-9-14-21;/h7-9,11,13-14,17H,5-6,10,12,15-16,18H2,1-4H3;1H/b19-11+,20-17+;. The molecule has 0 saturated heterocycles. The highest BCUT2D eigenvalue weighted by atomic mass is 35.5. The van der Waals surface area contributed by atoms with Crippen molar-refractivity contribution in [1.82, 2.24) is 0 Å². The first-order chi connectivity index (χ1) is 10.7.